The first-order valence-electron chi connectivity index (χ1n) is 9.22. The summed E-state index contributed by atoms with van der Waals surface area (Å²) in [5.74, 6) is 0.331. The van der Waals surface area contributed by atoms with Crippen LogP contribution in [0.1, 0.15) is 21.7 Å². The van der Waals surface area contributed by atoms with Crippen LogP contribution in [0.5, 0.6) is 0 Å². The number of hydrogen-bond donors (Lipinski definition) is 2. The van der Waals surface area contributed by atoms with Crippen LogP contribution in [0.3, 0.4) is 0 Å². The lowest BCUT2D eigenvalue weighted by Crippen LogP contribution is -2.25. The number of nitrogens with one attached hydrogen (secondary N) is 2. The quantitative estimate of drug-likeness (QED) is 0.477. The fraction of sp³-hybridized carbons (Fsp3) is 0.0870. The number of hydrogen-bond acceptors (Lipinski definition) is 4. The molecule has 0 radical (unpaired) electrons. The van der Waals surface area contributed by atoms with E-state index < -0.39 is 0 Å². The maximum absolute atomic E-state index is 12.7. The van der Waals surface area contributed by atoms with Gasteiger partial charge in [0.05, 0.1) is 5.52 Å². The van der Waals surface area contributed by atoms with Crippen molar-refractivity contribution in [1.82, 2.24) is 15.3 Å². The molecule has 0 unspecified atom stereocenters. The number of fused-ring (bicyclic) bond motifs is 1. The molecule has 1 amide bonds. The second kappa shape index (κ2) is 8.29. The zero-order valence-electron chi connectivity index (χ0n) is 15.8. The predicted octanol–water partition coefficient (Wildman–Crippen LogP) is 5.27. The van der Waals surface area contributed by atoms with Crippen LogP contribution >= 0.6 is 11.6 Å². The Morgan fingerprint density at radius 2 is 1.76 bits per heavy atom. The third-order valence-electron chi connectivity index (χ3n) is 4.48. The standard InChI is InChI=1S/C23H19ClN4O/c1-15-7-6-9-17(13-15)26-21-18-10-3-5-12-20(18)27-22(28-21)23(29)25-14-16-8-2-4-11-19(16)24/h2-13H,14H2,1H3,(H,25,29)(H,26,27,28). The normalized spacial score (nSPS) is 10.7. The van der Waals surface area contributed by atoms with Gasteiger partial charge in [0.15, 0.2) is 0 Å². The highest BCUT2D eigenvalue weighted by molar-refractivity contribution is 6.31. The molecule has 29 heavy (non-hydrogen) atoms. The Morgan fingerprint density at radius 3 is 2.59 bits per heavy atom. The molecule has 5 nitrogen and oxygen atoms in total. The fourth-order valence-electron chi connectivity index (χ4n) is 3.03. The van der Waals surface area contributed by atoms with E-state index in [0.717, 1.165) is 22.2 Å². The minimum atomic E-state index is -0.358. The Bertz CT molecular complexity index is 1190. The van der Waals surface area contributed by atoms with Crippen LogP contribution in [0.15, 0.2) is 72.8 Å². The molecule has 1 aromatic heterocycles. The largest absolute Gasteiger partial charge is 0.345 e. The molecule has 2 N–H and O–H groups in total. The van der Waals surface area contributed by atoms with Gasteiger partial charge in [-0.1, -0.05) is 54.1 Å². The summed E-state index contributed by atoms with van der Waals surface area (Å²) in [5, 5.41) is 7.61. The van der Waals surface area contributed by atoms with Gasteiger partial charge < -0.3 is 10.6 Å². The second-order valence-corrected chi connectivity index (χ2v) is 7.09. The highest BCUT2D eigenvalue weighted by Crippen LogP contribution is 2.24. The zero-order chi connectivity index (χ0) is 20.2. The molecular weight excluding hydrogens is 384 g/mol. The van der Waals surface area contributed by atoms with E-state index in [1.54, 1.807) is 6.07 Å². The first kappa shape index (κ1) is 18.9. The van der Waals surface area contributed by atoms with E-state index in [2.05, 4.69) is 20.6 Å². The molecule has 1 heterocycles. The number of benzene rings is 3. The van der Waals surface area contributed by atoms with Crippen LogP contribution in [-0.2, 0) is 6.54 Å². The van der Waals surface area contributed by atoms with Crippen molar-refractivity contribution in [3.63, 3.8) is 0 Å². The van der Waals surface area contributed by atoms with Gasteiger partial charge in [-0.2, -0.15) is 0 Å². The number of halogens is 1. The highest BCUT2D eigenvalue weighted by atomic mass is 35.5. The summed E-state index contributed by atoms with van der Waals surface area (Å²) in [6, 6.07) is 23.0. The van der Waals surface area contributed by atoms with Gasteiger partial charge >= 0.3 is 0 Å². The van der Waals surface area contributed by atoms with Gasteiger partial charge in [-0.25, -0.2) is 9.97 Å². The first-order valence-corrected chi connectivity index (χ1v) is 9.60. The second-order valence-electron chi connectivity index (χ2n) is 6.68. The van der Waals surface area contributed by atoms with Crippen molar-refractivity contribution in [1.29, 1.82) is 0 Å². The van der Waals surface area contributed by atoms with Crippen molar-refractivity contribution in [2.75, 3.05) is 5.32 Å². The Balaban J connectivity index is 1.64. The van der Waals surface area contributed by atoms with E-state index in [1.165, 1.54) is 0 Å². The molecule has 4 aromatic rings. The minimum Gasteiger partial charge on any atom is -0.345 e. The molecule has 0 saturated heterocycles. The van der Waals surface area contributed by atoms with Crippen molar-refractivity contribution in [3.8, 4) is 0 Å². The van der Waals surface area contributed by atoms with Crippen LogP contribution in [0.25, 0.3) is 10.9 Å². The van der Waals surface area contributed by atoms with Crippen LogP contribution in [0.2, 0.25) is 5.02 Å². The van der Waals surface area contributed by atoms with Crippen LogP contribution in [0.4, 0.5) is 11.5 Å². The monoisotopic (exact) mass is 402 g/mol. The Kier molecular flexibility index (Phi) is 5.40. The molecule has 0 saturated carbocycles. The number of aromatic nitrogens is 2. The maximum Gasteiger partial charge on any atom is 0.289 e. The third-order valence-corrected chi connectivity index (χ3v) is 4.85. The van der Waals surface area contributed by atoms with Gasteiger partial charge in [0, 0.05) is 22.6 Å². The smallest absolute Gasteiger partial charge is 0.289 e. The fourth-order valence-corrected chi connectivity index (χ4v) is 3.23. The van der Waals surface area contributed by atoms with Crippen molar-refractivity contribution >= 4 is 39.9 Å². The van der Waals surface area contributed by atoms with Crippen LogP contribution in [0, 0.1) is 6.92 Å². The SMILES string of the molecule is Cc1cccc(Nc2nc(C(=O)NCc3ccccc3Cl)nc3ccccc23)c1. The number of rotatable bonds is 5. The average Bonchev–Trinajstić information content (AvgIpc) is 2.73. The van der Waals surface area contributed by atoms with Crippen molar-refractivity contribution in [3.05, 3.63) is 94.8 Å². The maximum atomic E-state index is 12.7. The van der Waals surface area contributed by atoms with Crippen molar-refractivity contribution < 1.29 is 4.79 Å². The van der Waals surface area contributed by atoms with E-state index in [1.807, 2.05) is 73.7 Å². The van der Waals surface area contributed by atoms with E-state index in [-0.39, 0.29) is 11.7 Å². The number of nitrogens with zero attached hydrogens (tertiary/aromatic N) is 2. The third kappa shape index (κ3) is 4.36. The van der Waals surface area contributed by atoms with E-state index in [4.69, 9.17) is 11.6 Å². The highest BCUT2D eigenvalue weighted by Gasteiger charge is 2.14. The Morgan fingerprint density at radius 1 is 0.966 bits per heavy atom. The van der Waals surface area contributed by atoms with E-state index in [0.29, 0.717) is 22.9 Å². The molecule has 0 atom stereocenters. The predicted molar refractivity (Wildman–Crippen MR) is 117 cm³/mol. The molecule has 0 spiro atoms. The number of aryl methyl sites for hydroxylation is 1. The average molecular weight is 403 g/mol. The van der Waals surface area contributed by atoms with Gasteiger partial charge in [0.25, 0.3) is 5.91 Å². The summed E-state index contributed by atoms with van der Waals surface area (Å²) in [6.45, 7) is 2.33. The van der Waals surface area contributed by atoms with Crippen LogP contribution < -0.4 is 10.6 Å². The summed E-state index contributed by atoms with van der Waals surface area (Å²) < 4.78 is 0. The Hall–Kier alpha value is -3.44. The van der Waals surface area contributed by atoms with Gasteiger partial charge in [-0.3, -0.25) is 4.79 Å². The van der Waals surface area contributed by atoms with Gasteiger partial charge in [-0.05, 0) is 48.4 Å². The van der Waals surface area contributed by atoms with E-state index in [9.17, 15) is 4.79 Å². The van der Waals surface area contributed by atoms with Crippen LogP contribution in [-0.4, -0.2) is 15.9 Å². The summed E-state index contributed by atoms with van der Waals surface area (Å²) in [4.78, 5) is 21.7. The molecule has 144 valence electrons. The Labute approximate surface area is 173 Å². The summed E-state index contributed by atoms with van der Waals surface area (Å²) in [6.07, 6.45) is 0. The molecule has 3 aromatic carbocycles. The number of para-hydroxylation sites is 1. The molecule has 0 aliphatic carbocycles. The number of amides is 1. The molecule has 0 fully saturated rings. The van der Waals surface area contributed by atoms with Gasteiger partial charge in [0.2, 0.25) is 5.82 Å². The zero-order valence-corrected chi connectivity index (χ0v) is 16.6. The molecular formula is C23H19ClN4O. The number of anilines is 2. The molecule has 0 bridgehead atoms. The van der Waals surface area contributed by atoms with Crippen molar-refractivity contribution in [2.45, 2.75) is 13.5 Å². The summed E-state index contributed by atoms with van der Waals surface area (Å²) >= 11 is 6.17. The van der Waals surface area contributed by atoms with E-state index >= 15 is 0 Å². The first-order chi connectivity index (χ1) is 14.1. The van der Waals surface area contributed by atoms with Crippen molar-refractivity contribution in [2.24, 2.45) is 0 Å². The molecule has 0 aliphatic heterocycles. The molecule has 0 aliphatic rings. The summed E-state index contributed by atoms with van der Waals surface area (Å²) in [5.41, 5.74) is 3.56. The molecule has 4 rings (SSSR count). The lowest BCUT2D eigenvalue weighted by Gasteiger charge is -2.12. The van der Waals surface area contributed by atoms with Gasteiger partial charge in [0.1, 0.15) is 5.82 Å². The number of carbonyl (C=O) groups is 1. The minimum absolute atomic E-state index is 0.103. The number of carbonyl (C=O) groups excluding carboxylic acids is 1. The topological polar surface area (TPSA) is 66.9 Å². The lowest BCUT2D eigenvalue weighted by atomic mass is 10.2. The molecule has 6 heteroatoms. The lowest BCUT2D eigenvalue weighted by molar-refractivity contribution is 0.0941. The summed E-state index contributed by atoms with van der Waals surface area (Å²) in [7, 11) is 0. The van der Waals surface area contributed by atoms with Gasteiger partial charge in [-0.15, -0.1) is 0 Å².